The highest BCUT2D eigenvalue weighted by atomic mass is 32.1. The molecule has 0 bridgehead atoms. The van der Waals surface area contributed by atoms with Crippen molar-refractivity contribution in [2.24, 2.45) is 0 Å². The standard InChI is InChI=1S/C14H16N2O2S/c1-11-10-13(14(18)16(2)8-5-7-15)19-12(11)6-3-4-9-17/h10,17H,4-5,8-9H2,1-2H3. The van der Waals surface area contributed by atoms with Crippen molar-refractivity contribution in [2.45, 2.75) is 19.8 Å². The van der Waals surface area contributed by atoms with Crippen molar-refractivity contribution in [2.75, 3.05) is 20.2 Å². The maximum Gasteiger partial charge on any atom is 0.263 e. The highest BCUT2D eigenvalue weighted by Gasteiger charge is 2.15. The number of hydrogen-bond donors (Lipinski definition) is 1. The molecule has 1 aromatic rings. The lowest BCUT2D eigenvalue weighted by Gasteiger charge is -2.13. The lowest BCUT2D eigenvalue weighted by molar-refractivity contribution is 0.0802. The molecular formula is C14H16N2O2S. The van der Waals surface area contributed by atoms with Crippen LogP contribution in [-0.4, -0.2) is 36.1 Å². The molecule has 0 aliphatic heterocycles. The van der Waals surface area contributed by atoms with Gasteiger partial charge in [0.1, 0.15) is 0 Å². The van der Waals surface area contributed by atoms with Gasteiger partial charge in [-0.15, -0.1) is 11.3 Å². The van der Waals surface area contributed by atoms with E-state index in [9.17, 15) is 4.79 Å². The SMILES string of the molecule is Cc1cc(C(=O)N(C)CCC#N)sc1C#CCCO. The van der Waals surface area contributed by atoms with Crippen LogP contribution in [0.1, 0.15) is 33.0 Å². The smallest absolute Gasteiger partial charge is 0.263 e. The van der Waals surface area contributed by atoms with Crippen molar-refractivity contribution in [3.8, 4) is 17.9 Å². The van der Waals surface area contributed by atoms with Crippen LogP contribution >= 0.6 is 11.3 Å². The number of carbonyl (C=O) groups excluding carboxylic acids is 1. The Bertz CT molecular complexity index is 546. The molecule has 0 spiro atoms. The van der Waals surface area contributed by atoms with Crippen molar-refractivity contribution < 1.29 is 9.90 Å². The highest BCUT2D eigenvalue weighted by molar-refractivity contribution is 7.14. The molecule has 0 atom stereocenters. The Hall–Kier alpha value is -1.82. The average Bonchev–Trinajstić information content (AvgIpc) is 2.77. The summed E-state index contributed by atoms with van der Waals surface area (Å²) < 4.78 is 0. The van der Waals surface area contributed by atoms with Gasteiger partial charge in [-0.1, -0.05) is 11.8 Å². The summed E-state index contributed by atoms with van der Waals surface area (Å²) >= 11 is 1.35. The number of aryl methyl sites for hydroxylation is 1. The van der Waals surface area contributed by atoms with Crippen LogP contribution < -0.4 is 0 Å². The summed E-state index contributed by atoms with van der Waals surface area (Å²) in [7, 11) is 1.69. The summed E-state index contributed by atoms with van der Waals surface area (Å²) in [6.45, 7) is 2.38. The number of aliphatic hydroxyl groups excluding tert-OH is 1. The number of rotatable bonds is 4. The summed E-state index contributed by atoms with van der Waals surface area (Å²) in [6, 6.07) is 3.84. The molecule has 5 heteroatoms. The van der Waals surface area contributed by atoms with Crippen LogP contribution in [-0.2, 0) is 0 Å². The van der Waals surface area contributed by atoms with Gasteiger partial charge in [-0.05, 0) is 18.6 Å². The molecule has 1 amide bonds. The zero-order chi connectivity index (χ0) is 14.3. The van der Waals surface area contributed by atoms with E-state index in [1.165, 1.54) is 11.3 Å². The van der Waals surface area contributed by atoms with E-state index < -0.39 is 0 Å². The van der Waals surface area contributed by atoms with Gasteiger partial charge in [-0.2, -0.15) is 5.26 Å². The van der Waals surface area contributed by atoms with Gasteiger partial charge in [0.05, 0.1) is 28.9 Å². The largest absolute Gasteiger partial charge is 0.395 e. The number of nitriles is 1. The first kappa shape index (κ1) is 15.2. The van der Waals surface area contributed by atoms with E-state index >= 15 is 0 Å². The fourth-order valence-electron chi connectivity index (χ4n) is 1.42. The molecule has 1 rings (SSSR count). The molecule has 0 aliphatic carbocycles. The molecule has 0 saturated carbocycles. The van der Waals surface area contributed by atoms with Crippen molar-refractivity contribution in [1.29, 1.82) is 5.26 Å². The second-order valence-corrected chi connectivity index (χ2v) is 5.09. The third-order valence-corrected chi connectivity index (χ3v) is 3.61. The third-order valence-electron chi connectivity index (χ3n) is 2.47. The maximum atomic E-state index is 12.1. The van der Waals surface area contributed by atoms with E-state index in [1.807, 2.05) is 19.1 Å². The Balaban J connectivity index is 2.81. The van der Waals surface area contributed by atoms with Gasteiger partial charge >= 0.3 is 0 Å². The number of carbonyl (C=O) groups is 1. The first-order valence-electron chi connectivity index (χ1n) is 5.92. The van der Waals surface area contributed by atoms with Crippen LogP contribution in [0.5, 0.6) is 0 Å². The molecule has 0 unspecified atom stereocenters. The highest BCUT2D eigenvalue weighted by Crippen LogP contribution is 2.22. The van der Waals surface area contributed by atoms with E-state index in [-0.39, 0.29) is 12.5 Å². The molecule has 0 aliphatic rings. The van der Waals surface area contributed by atoms with Crippen molar-refractivity contribution in [3.63, 3.8) is 0 Å². The predicted molar refractivity (Wildman–Crippen MR) is 74.8 cm³/mol. The molecule has 1 heterocycles. The minimum Gasteiger partial charge on any atom is -0.395 e. The van der Waals surface area contributed by atoms with E-state index in [0.29, 0.717) is 24.3 Å². The molecule has 100 valence electrons. The van der Waals surface area contributed by atoms with Gasteiger partial charge in [-0.3, -0.25) is 4.79 Å². The average molecular weight is 276 g/mol. The van der Waals surface area contributed by atoms with E-state index in [4.69, 9.17) is 10.4 Å². The summed E-state index contributed by atoms with van der Waals surface area (Å²) in [5, 5.41) is 17.2. The van der Waals surface area contributed by atoms with Crippen LogP contribution in [0.4, 0.5) is 0 Å². The number of thiophene rings is 1. The van der Waals surface area contributed by atoms with Gasteiger partial charge in [0, 0.05) is 20.0 Å². The number of aliphatic hydroxyl groups is 1. The summed E-state index contributed by atoms with van der Waals surface area (Å²) in [4.78, 5) is 15.1. The molecule has 0 aromatic carbocycles. The van der Waals surface area contributed by atoms with Crippen molar-refractivity contribution in [3.05, 3.63) is 21.4 Å². The fraction of sp³-hybridized carbons (Fsp3) is 0.429. The van der Waals surface area contributed by atoms with Crippen LogP contribution in [0.25, 0.3) is 0 Å². The lowest BCUT2D eigenvalue weighted by atomic mass is 10.2. The summed E-state index contributed by atoms with van der Waals surface area (Å²) in [5.74, 6) is 5.72. The second-order valence-electron chi connectivity index (χ2n) is 4.03. The van der Waals surface area contributed by atoms with Crippen LogP contribution in [0.3, 0.4) is 0 Å². The fourth-order valence-corrected chi connectivity index (χ4v) is 2.46. The molecular weight excluding hydrogens is 260 g/mol. The minimum absolute atomic E-state index is 0.0418. The monoisotopic (exact) mass is 276 g/mol. The lowest BCUT2D eigenvalue weighted by Crippen LogP contribution is -2.26. The second kappa shape index (κ2) is 7.58. The minimum atomic E-state index is -0.0847. The molecule has 1 aromatic heterocycles. The molecule has 1 N–H and O–H groups in total. The van der Waals surface area contributed by atoms with Crippen LogP contribution in [0, 0.1) is 30.1 Å². The van der Waals surface area contributed by atoms with Crippen LogP contribution in [0.15, 0.2) is 6.07 Å². The van der Waals surface area contributed by atoms with E-state index in [0.717, 1.165) is 10.4 Å². The first-order valence-corrected chi connectivity index (χ1v) is 6.74. The topological polar surface area (TPSA) is 64.3 Å². The zero-order valence-electron chi connectivity index (χ0n) is 11.1. The Morgan fingerprint density at radius 2 is 2.26 bits per heavy atom. The summed E-state index contributed by atoms with van der Waals surface area (Å²) in [6.07, 6.45) is 0.762. The first-order chi connectivity index (χ1) is 9.10. The van der Waals surface area contributed by atoms with E-state index in [2.05, 4.69) is 11.8 Å². The van der Waals surface area contributed by atoms with Crippen molar-refractivity contribution >= 4 is 17.2 Å². The van der Waals surface area contributed by atoms with E-state index in [1.54, 1.807) is 11.9 Å². The molecule has 0 radical (unpaired) electrons. The third kappa shape index (κ3) is 4.40. The number of nitrogens with zero attached hydrogens (tertiary/aromatic N) is 2. The maximum absolute atomic E-state index is 12.1. The predicted octanol–water partition coefficient (Wildman–Crippen LogP) is 1.78. The molecule has 19 heavy (non-hydrogen) atoms. The number of hydrogen-bond acceptors (Lipinski definition) is 4. The zero-order valence-corrected chi connectivity index (χ0v) is 11.9. The van der Waals surface area contributed by atoms with Gasteiger partial charge in [-0.25, -0.2) is 0 Å². The van der Waals surface area contributed by atoms with Crippen molar-refractivity contribution in [1.82, 2.24) is 4.90 Å². The normalized spacial score (nSPS) is 9.37. The number of amides is 1. The molecule has 0 fully saturated rings. The Morgan fingerprint density at radius 3 is 2.89 bits per heavy atom. The van der Waals surface area contributed by atoms with Gasteiger partial charge < -0.3 is 10.0 Å². The Morgan fingerprint density at radius 1 is 1.53 bits per heavy atom. The molecule has 0 saturated heterocycles. The van der Waals surface area contributed by atoms with Gasteiger partial charge in [0.25, 0.3) is 5.91 Å². The summed E-state index contributed by atoms with van der Waals surface area (Å²) in [5.41, 5.74) is 0.965. The van der Waals surface area contributed by atoms with Gasteiger partial charge in [0.15, 0.2) is 0 Å². The molecule has 4 nitrogen and oxygen atoms in total. The quantitative estimate of drug-likeness (QED) is 0.852. The van der Waals surface area contributed by atoms with Crippen LogP contribution in [0.2, 0.25) is 0 Å². The Kier molecular flexibility index (Phi) is 6.08. The van der Waals surface area contributed by atoms with Gasteiger partial charge in [0.2, 0.25) is 0 Å². The Labute approximate surface area is 117 Å².